The Bertz CT molecular complexity index is 2310. The fourth-order valence-electron chi connectivity index (χ4n) is 7.79. The first-order valence-electron chi connectivity index (χ1n) is 21.1. The van der Waals surface area contributed by atoms with Crippen molar-refractivity contribution in [3.05, 3.63) is 71.0 Å². The van der Waals surface area contributed by atoms with Crippen molar-refractivity contribution in [2.24, 2.45) is 0 Å². The summed E-state index contributed by atoms with van der Waals surface area (Å²) < 4.78 is 57.1. The number of fused-ring (bicyclic) bond motifs is 1. The Hall–Kier alpha value is -5.75. The summed E-state index contributed by atoms with van der Waals surface area (Å²) in [5.74, 6) is -3.67. The van der Waals surface area contributed by atoms with Gasteiger partial charge in [-0.3, -0.25) is 0 Å². The summed E-state index contributed by atoms with van der Waals surface area (Å²) in [6.07, 6.45) is -25.6. The van der Waals surface area contributed by atoms with Crippen LogP contribution >= 0.6 is 0 Å². The van der Waals surface area contributed by atoms with Gasteiger partial charge in [0, 0.05) is 23.8 Å². The molecule has 3 saturated heterocycles. The molecule has 3 aromatic carbocycles. The van der Waals surface area contributed by atoms with Gasteiger partial charge in [-0.2, -0.15) is 0 Å². The number of hydrogen-bond donors (Lipinski definition) is 14. The maximum atomic E-state index is 13.0. The number of phenols is 4. The minimum Gasteiger partial charge on any atom is -0.508 e. The monoisotopic (exact) mass is 980 g/mol. The second-order valence-corrected chi connectivity index (χ2v) is 16.1. The lowest BCUT2D eigenvalue weighted by molar-refractivity contribution is -0.364. The summed E-state index contributed by atoms with van der Waals surface area (Å²) in [5, 5.41) is 148. The SMILES string of the molecule is COc1cc(C=CC(=O)OCC2OC(OC3=Cc4c(cc(O)cc4OC4OC(CO)C(O)C(O)C4O)OC3c3ccc(O)c(O)c3)C(OC3OC(CO)C(O)C(O)C3O)C(O)C2O)cc(OC)c1O. The van der Waals surface area contributed by atoms with E-state index in [0.29, 0.717) is 5.56 Å². The predicted molar refractivity (Wildman–Crippen MR) is 225 cm³/mol. The average molecular weight is 981 g/mol. The number of methoxy groups -OCH3 is 2. The van der Waals surface area contributed by atoms with Gasteiger partial charge in [0.1, 0.15) is 96.8 Å². The van der Waals surface area contributed by atoms with Crippen molar-refractivity contribution < 1.29 is 124 Å². The predicted octanol–water partition coefficient (Wildman–Crippen LogP) is -2.92. The number of aromatic hydroxyl groups is 4. The second-order valence-electron chi connectivity index (χ2n) is 16.1. The van der Waals surface area contributed by atoms with Crippen molar-refractivity contribution in [3.8, 4) is 46.0 Å². The summed E-state index contributed by atoms with van der Waals surface area (Å²) in [6.45, 7) is -2.46. The summed E-state index contributed by atoms with van der Waals surface area (Å²) in [7, 11) is 2.61. The molecule has 0 bridgehead atoms. The summed E-state index contributed by atoms with van der Waals surface area (Å²) >= 11 is 0. The molecule has 378 valence electrons. The van der Waals surface area contributed by atoms with Gasteiger partial charge in [0.2, 0.25) is 18.3 Å². The minimum absolute atomic E-state index is 0.0312. The van der Waals surface area contributed by atoms with Gasteiger partial charge in [-0.05, 0) is 42.0 Å². The van der Waals surface area contributed by atoms with Gasteiger partial charge in [0.05, 0.1) is 33.0 Å². The number of carbonyl (C=O) groups excluding carboxylic acids is 1. The van der Waals surface area contributed by atoms with Gasteiger partial charge in [0.15, 0.2) is 41.5 Å². The molecule has 4 heterocycles. The lowest BCUT2D eigenvalue weighted by Crippen LogP contribution is -2.64. The molecule has 25 nitrogen and oxygen atoms in total. The molecule has 7 rings (SSSR count). The molecule has 4 aliphatic rings. The van der Waals surface area contributed by atoms with Crippen molar-refractivity contribution in [1.29, 1.82) is 0 Å². The number of aliphatic hydroxyl groups is 10. The van der Waals surface area contributed by atoms with Crippen molar-refractivity contribution in [2.75, 3.05) is 34.0 Å². The van der Waals surface area contributed by atoms with E-state index in [9.17, 15) is 76.3 Å². The molecule has 0 saturated carbocycles. The Morgan fingerprint density at radius 2 is 1.23 bits per heavy atom. The van der Waals surface area contributed by atoms with Crippen molar-refractivity contribution in [2.45, 2.75) is 98.2 Å². The second kappa shape index (κ2) is 21.5. The van der Waals surface area contributed by atoms with Crippen molar-refractivity contribution >= 4 is 18.1 Å². The number of carbonyl (C=O) groups is 1. The van der Waals surface area contributed by atoms with E-state index in [0.717, 1.165) is 30.3 Å². The van der Waals surface area contributed by atoms with Gasteiger partial charge in [-0.15, -0.1) is 0 Å². The zero-order valence-corrected chi connectivity index (χ0v) is 36.4. The van der Waals surface area contributed by atoms with Crippen LogP contribution in [0.2, 0.25) is 0 Å². The number of aliphatic hydroxyl groups excluding tert-OH is 10. The zero-order valence-electron chi connectivity index (χ0n) is 36.4. The van der Waals surface area contributed by atoms with E-state index in [1.165, 1.54) is 44.6 Å². The third kappa shape index (κ3) is 10.7. The summed E-state index contributed by atoms with van der Waals surface area (Å²) in [4.78, 5) is 13.0. The van der Waals surface area contributed by atoms with Crippen LogP contribution in [0.3, 0.4) is 0 Å². The molecule has 25 heteroatoms. The Morgan fingerprint density at radius 1 is 0.638 bits per heavy atom. The molecule has 0 aliphatic carbocycles. The Kier molecular flexibility index (Phi) is 15.9. The number of rotatable bonds is 15. The molecule has 3 fully saturated rings. The zero-order chi connectivity index (χ0) is 50.0. The molecule has 14 N–H and O–H groups in total. The van der Waals surface area contributed by atoms with Crippen LogP contribution in [0.5, 0.6) is 46.0 Å². The normalized spacial score (nSPS) is 33.4. The highest BCUT2D eigenvalue weighted by Crippen LogP contribution is 2.47. The molecular formula is C44H52O25. The largest absolute Gasteiger partial charge is 0.508 e. The molecular weight excluding hydrogens is 928 g/mol. The maximum absolute atomic E-state index is 13.0. The summed E-state index contributed by atoms with van der Waals surface area (Å²) in [6, 6.07) is 8.45. The average Bonchev–Trinajstić information content (AvgIpc) is 3.33. The molecule has 69 heavy (non-hydrogen) atoms. The Morgan fingerprint density at radius 3 is 1.84 bits per heavy atom. The maximum Gasteiger partial charge on any atom is 0.330 e. The van der Waals surface area contributed by atoms with Crippen LogP contribution in [0.4, 0.5) is 0 Å². The molecule has 0 spiro atoms. The summed E-state index contributed by atoms with van der Waals surface area (Å²) in [5.41, 5.74) is 0.316. The quantitative estimate of drug-likeness (QED) is 0.0412. The van der Waals surface area contributed by atoms with Crippen LogP contribution in [0.15, 0.2) is 54.3 Å². The lowest BCUT2D eigenvalue weighted by Gasteiger charge is -2.46. The highest BCUT2D eigenvalue weighted by Gasteiger charge is 2.53. The molecule has 0 amide bonds. The van der Waals surface area contributed by atoms with E-state index in [1.54, 1.807) is 0 Å². The lowest BCUT2D eigenvalue weighted by atomic mass is 9.97. The van der Waals surface area contributed by atoms with E-state index in [1.807, 2.05) is 0 Å². The first-order chi connectivity index (χ1) is 32.9. The van der Waals surface area contributed by atoms with Gasteiger partial charge in [-0.1, -0.05) is 6.07 Å². The number of hydrogen-bond acceptors (Lipinski definition) is 25. The fraction of sp³-hybridized carbons (Fsp3) is 0.477. The van der Waals surface area contributed by atoms with Gasteiger partial charge < -0.3 is 119 Å². The molecule has 3 aromatic rings. The van der Waals surface area contributed by atoms with Gasteiger partial charge in [0.25, 0.3) is 0 Å². The number of ether oxygens (including phenoxy) is 10. The fourth-order valence-corrected chi connectivity index (χ4v) is 7.79. The topological polar surface area (TPSA) is 393 Å². The third-order valence-electron chi connectivity index (χ3n) is 11.6. The standard InChI is InChI=1S/C44H52O25/c1-60-24-7-16(8-25(61-2)31(24)51)3-6-30(50)62-15-29-34(54)37(57)41(69-43-39(59)36(56)33(53)28(14-46)67-43)44(68-29)65-26-12-19-22(63-40(26)17-4-5-20(48)21(49)9-17)10-18(47)11-23(19)64-42-38(58)35(55)32(52)27(13-45)66-42/h3-12,27-29,32-49,51-59H,13-15H2,1-2H3. The Labute approximate surface area is 390 Å². The molecule has 0 aromatic heterocycles. The Balaban J connectivity index is 1.24. The van der Waals surface area contributed by atoms with E-state index >= 15 is 0 Å². The van der Waals surface area contributed by atoms with Crippen LogP contribution in [0.25, 0.3) is 12.2 Å². The molecule has 16 unspecified atom stereocenters. The number of esters is 1. The van der Waals surface area contributed by atoms with E-state index < -0.39 is 141 Å². The van der Waals surface area contributed by atoms with Gasteiger partial charge in [-0.25, -0.2) is 4.79 Å². The highest BCUT2D eigenvalue weighted by atomic mass is 16.8. The van der Waals surface area contributed by atoms with Crippen LogP contribution in [0, 0.1) is 0 Å². The van der Waals surface area contributed by atoms with Crippen LogP contribution < -0.4 is 18.9 Å². The first-order valence-corrected chi connectivity index (χ1v) is 21.1. The molecule has 0 radical (unpaired) electrons. The molecule has 16 atom stereocenters. The van der Waals surface area contributed by atoms with E-state index in [-0.39, 0.29) is 45.6 Å². The number of phenolic OH excluding ortho intramolecular Hbond substituents is 4. The van der Waals surface area contributed by atoms with Crippen LogP contribution in [0.1, 0.15) is 22.8 Å². The molecule has 4 aliphatic heterocycles. The van der Waals surface area contributed by atoms with Crippen molar-refractivity contribution in [1.82, 2.24) is 0 Å². The van der Waals surface area contributed by atoms with Crippen LogP contribution in [-0.2, 0) is 33.2 Å². The highest BCUT2D eigenvalue weighted by molar-refractivity contribution is 5.87. The first kappa shape index (κ1) is 51.1. The smallest absolute Gasteiger partial charge is 0.330 e. The van der Waals surface area contributed by atoms with E-state index in [2.05, 4.69) is 0 Å². The van der Waals surface area contributed by atoms with E-state index in [4.69, 9.17) is 47.4 Å². The van der Waals surface area contributed by atoms with Crippen LogP contribution in [-0.4, -0.2) is 204 Å². The third-order valence-corrected chi connectivity index (χ3v) is 11.6. The number of benzene rings is 3. The minimum atomic E-state index is -2.09. The van der Waals surface area contributed by atoms with Crippen molar-refractivity contribution in [3.63, 3.8) is 0 Å². The van der Waals surface area contributed by atoms with Gasteiger partial charge >= 0.3 is 5.97 Å².